The molecule has 8 aromatic rings. The Balaban J connectivity index is 1.44. The molecule has 0 fully saturated rings. The molecule has 20 nitrogen and oxygen atoms in total. The SMILES string of the molecule is O=C(O)COc1ccc(C2c3cc(c(O)cc3O)C(c3ccc(OCC(=O)O)c(Br)c3)c3cc(c(O)cc3O)C(c3ccc(OCC(=O)O)c(Br)c3)c3cc(c(O)cc3O)C(c3ccc(OCC(=O)O)c(Br)c3)c3cc2c(O)cc3O)cc1Br. The highest BCUT2D eigenvalue weighted by Crippen LogP contribution is 2.55. The van der Waals surface area contributed by atoms with Gasteiger partial charge in [0.25, 0.3) is 0 Å². The normalized spacial score (nSPS) is 15.4. The molecule has 0 aliphatic heterocycles. The number of rotatable bonds is 16. The molecule has 0 saturated heterocycles. The lowest BCUT2D eigenvalue weighted by molar-refractivity contribution is -0.140. The van der Waals surface area contributed by atoms with Crippen LogP contribution >= 0.6 is 63.7 Å². The number of hydrogen-bond donors (Lipinski definition) is 12. The Morgan fingerprint density at radius 1 is 0.286 bits per heavy atom. The minimum absolute atomic E-state index is 0.0427. The molecule has 12 N–H and O–H groups in total. The van der Waals surface area contributed by atoms with Crippen molar-refractivity contribution in [1.82, 2.24) is 0 Å². The average Bonchev–Trinajstić information content (AvgIpc) is 3.60. The maximum Gasteiger partial charge on any atom is 0.341 e. The molecule has 0 amide bonds. The Kier molecular flexibility index (Phi) is 17.5. The minimum atomic E-state index is -1.35. The fourth-order valence-electron chi connectivity index (χ4n) is 10.2. The lowest BCUT2D eigenvalue weighted by Crippen LogP contribution is -2.14. The van der Waals surface area contributed by atoms with Crippen LogP contribution in [0.3, 0.4) is 0 Å². The van der Waals surface area contributed by atoms with Gasteiger partial charge in [-0.05, 0) is 159 Å². The molecule has 0 saturated carbocycles. The van der Waals surface area contributed by atoms with Crippen molar-refractivity contribution in [2.75, 3.05) is 26.4 Å². The van der Waals surface area contributed by atoms with Crippen LogP contribution in [0.15, 0.2) is 139 Å². The van der Waals surface area contributed by atoms with Gasteiger partial charge in [0.05, 0.1) is 17.9 Å². The summed E-state index contributed by atoms with van der Waals surface area (Å²) in [5.74, 6) is -14.7. The quantitative estimate of drug-likeness (QED) is 0.0427. The maximum absolute atomic E-state index is 12.3. The molecule has 0 atom stereocenters. The number of aromatic hydroxyl groups is 8. The molecule has 24 heteroatoms. The molecule has 0 unspecified atom stereocenters. The Bertz CT molecular complexity index is 3370. The third-order valence-corrected chi connectivity index (χ3v) is 16.2. The van der Waals surface area contributed by atoms with Crippen LogP contribution in [-0.4, -0.2) is 112 Å². The summed E-state index contributed by atoms with van der Waals surface area (Å²) < 4.78 is 22.9. The summed E-state index contributed by atoms with van der Waals surface area (Å²) >= 11 is 13.9. The monoisotopic (exact) mass is 1400 g/mol. The summed E-state index contributed by atoms with van der Waals surface area (Å²) in [5, 5.41) is 136. The zero-order chi connectivity index (χ0) is 60.6. The van der Waals surface area contributed by atoms with Crippen LogP contribution in [0.1, 0.15) is 90.4 Å². The van der Waals surface area contributed by atoms with Gasteiger partial charge in [-0.3, -0.25) is 0 Å². The highest BCUT2D eigenvalue weighted by atomic mass is 79.9. The second-order valence-corrected chi connectivity index (χ2v) is 22.5. The van der Waals surface area contributed by atoms with Crippen molar-refractivity contribution in [2.24, 2.45) is 0 Å². The summed E-state index contributed by atoms with van der Waals surface area (Å²) in [6.07, 6.45) is 0. The molecule has 0 radical (unpaired) electrons. The van der Waals surface area contributed by atoms with E-state index in [2.05, 4.69) is 63.7 Å². The topological polar surface area (TPSA) is 348 Å². The lowest BCUT2D eigenvalue weighted by atomic mass is 9.75. The van der Waals surface area contributed by atoms with Crippen molar-refractivity contribution in [1.29, 1.82) is 0 Å². The van der Waals surface area contributed by atoms with E-state index in [9.17, 15) is 80.5 Å². The summed E-state index contributed by atoms with van der Waals surface area (Å²) in [6, 6.07) is 27.5. The molecule has 0 heterocycles. The number of halogens is 4. The number of carboxylic acids is 4. The van der Waals surface area contributed by atoms with Gasteiger partial charge in [-0.25, -0.2) is 19.2 Å². The van der Waals surface area contributed by atoms with E-state index in [0.29, 0.717) is 0 Å². The number of phenolic OH excluding ortho intramolecular Hbond substituents is 8. The highest BCUT2D eigenvalue weighted by Gasteiger charge is 2.36. The highest BCUT2D eigenvalue weighted by molar-refractivity contribution is 9.11. The van der Waals surface area contributed by atoms with Gasteiger partial charge >= 0.3 is 23.9 Å². The second kappa shape index (κ2) is 24.5. The summed E-state index contributed by atoms with van der Waals surface area (Å²) in [4.78, 5) is 46.3. The fraction of sp³-hybridized carbons (Fsp3) is 0.133. The van der Waals surface area contributed by atoms with Crippen molar-refractivity contribution in [2.45, 2.75) is 23.7 Å². The first-order valence-electron chi connectivity index (χ1n) is 24.7. The Morgan fingerprint density at radius 3 is 0.595 bits per heavy atom. The molecule has 1 aliphatic rings. The number of ether oxygens (including phenoxy) is 4. The molecule has 0 aromatic heterocycles. The molecule has 0 spiro atoms. The summed E-state index contributed by atoms with van der Waals surface area (Å²) in [7, 11) is 0. The first-order valence-corrected chi connectivity index (χ1v) is 27.8. The van der Waals surface area contributed by atoms with Crippen LogP contribution in [-0.2, 0) is 19.2 Å². The first kappa shape index (κ1) is 59.8. The van der Waals surface area contributed by atoms with E-state index in [1.807, 2.05) is 0 Å². The van der Waals surface area contributed by atoms with Gasteiger partial charge < -0.3 is 80.2 Å². The standard InChI is InChI=1S/C60H44Br4O20/c61-37-9-25(1-5-49(37)81-21-53(73)74)57-29-13-31(43(67)17-41(29)65)58(26-2-6-50(38(62)10-26)82-22-54(75)76)33-15-35(47(71)19-45(33)69)60(28-4-8-52(40(64)12-28)84-24-56(79)80)36-16-34(46(70)20-48(36)72)59(32-14-30(57)42(66)18-44(32)68)27-3-7-51(39(63)11-27)83-23-55(77)78/h1-20,57-60,65-72H,21-24H2,(H,73,74)(H,75,76)(H,77,78)(H,79,80). The Labute approximate surface area is 508 Å². The molecule has 432 valence electrons. The Morgan fingerprint density at radius 2 is 0.452 bits per heavy atom. The third kappa shape index (κ3) is 12.4. The molecular weight excluding hydrogens is 1360 g/mol. The van der Waals surface area contributed by atoms with E-state index in [4.69, 9.17) is 18.9 Å². The molecule has 84 heavy (non-hydrogen) atoms. The Hall–Kier alpha value is -8.84. The number of benzene rings is 8. The van der Waals surface area contributed by atoms with Gasteiger partial charge in [0, 0.05) is 92.4 Å². The van der Waals surface area contributed by atoms with Crippen LogP contribution in [0.2, 0.25) is 0 Å². The first-order chi connectivity index (χ1) is 39.9. The number of aliphatic carboxylic acids is 4. The van der Waals surface area contributed by atoms with E-state index in [-0.39, 0.29) is 108 Å². The van der Waals surface area contributed by atoms with Crippen LogP contribution in [0.4, 0.5) is 0 Å². The number of fused-ring (bicyclic) bond motifs is 8. The van der Waals surface area contributed by atoms with Crippen LogP contribution < -0.4 is 18.9 Å². The van der Waals surface area contributed by atoms with E-state index >= 15 is 0 Å². The number of phenols is 8. The largest absolute Gasteiger partial charge is 0.507 e. The van der Waals surface area contributed by atoms with Crippen molar-refractivity contribution in [3.05, 3.63) is 206 Å². The summed E-state index contributed by atoms with van der Waals surface area (Å²) in [5.41, 5.74) is 0.717. The van der Waals surface area contributed by atoms with Gasteiger partial charge in [0.15, 0.2) is 26.4 Å². The van der Waals surface area contributed by atoms with Crippen LogP contribution in [0, 0.1) is 0 Å². The van der Waals surface area contributed by atoms with E-state index in [1.54, 1.807) is 0 Å². The predicted octanol–water partition coefficient (Wildman–Crippen LogP) is 11.3. The number of carboxylic acid groups (broad SMARTS) is 4. The van der Waals surface area contributed by atoms with E-state index < -0.39 is 120 Å². The minimum Gasteiger partial charge on any atom is -0.507 e. The van der Waals surface area contributed by atoms with E-state index in [1.165, 1.54) is 97.1 Å². The third-order valence-electron chi connectivity index (χ3n) is 13.8. The van der Waals surface area contributed by atoms with Crippen molar-refractivity contribution < 1.29 is 99.4 Å². The molecule has 9 rings (SSSR count). The smallest absolute Gasteiger partial charge is 0.341 e. The van der Waals surface area contributed by atoms with Crippen LogP contribution in [0.25, 0.3) is 0 Å². The van der Waals surface area contributed by atoms with Gasteiger partial charge in [-0.2, -0.15) is 0 Å². The van der Waals surface area contributed by atoms with Crippen LogP contribution in [0.5, 0.6) is 69.0 Å². The zero-order valence-electron chi connectivity index (χ0n) is 42.8. The fourth-order valence-corrected chi connectivity index (χ4v) is 12.3. The number of hydrogen-bond acceptors (Lipinski definition) is 16. The van der Waals surface area contributed by atoms with Crippen molar-refractivity contribution in [3.8, 4) is 69.0 Å². The van der Waals surface area contributed by atoms with Crippen molar-refractivity contribution in [3.63, 3.8) is 0 Å². The molecule has 8 bridgehead atoms. The summed E-state index contributed by atoms with van der Waals surface area (Å²) in [6.45, 7) is -2.92. The predicted molar refractivity (Wildman–Crippen MR) is 312 cm³/mol. The van der Waals surface area contributed by atoms with E-state index in [0.717, 1.165) is 24.3 Å². The average molecular weight is 1400 g/mol. The molecule has 8 aromatic carbocycles. The van der Waals surface area contributed by atoms with Gasteiger partial charge in [-0.1, -0.05) is 24.3 Å². The van der Waals surface area contributed by atoms with Gasteiger partial charge in [-0.15, -0.1) is 0 Å². The van der Waals surface area contributed by atoms with Crippen molar-refractivity contribution >= 4 is 87.6 Å². The number of carbonyl (C=O) groups is 4. The lowest BCUT2D eigenvalue weighted by Gasteiger charge is -2.30. The van der Waals surface area contributed by atoms with Gasteiger partial charge in [0.2, 0.25) is 0 Å². The maximum atomic E-state index is 12.3. The zero-order valence-corrected chi connectivity index (χ0v) is 49.2. The molecular formula is C60H44Br4O20. The second-order valence-electron chi connectivity index (χ2n) is 19.1. The van der Waals surface area contributed by atoms with Gasteiger partial charge in [0.1, 0.15) is 69.0 Å². The molecule has 1 aliphatic carbocycles.